The smallest absolute Gasteiger partial charge is 0.240 e. The van der Waals surface area contributed by atoms with Crippen LogP contribution >= 0.6 is 0 Å². The first kappa shape index (κ1) is 22.4. The number of ether oxygens (including phenoxy) is 3. The molecular formula is C24H37N3O4. The molecule has 3 heterocycles. The van der Waals surface area contributed by atoms with E-state index >= 15 is 0 Å². The van der Waals surface area contributed by atoms with Crippen molar-refractivity contribution in [2.75, 3.05) is 59.2 Å². The standard InChI is InChI=1S/C24H37N3O4/c1-3-27(18(2)16-19-4-5-21-22(17-19)31-15-14-30-21)23(20-6-8-25-9-7-20)24(28)26-10-12-29-13-11-26/h4-5,17-18,20,23,25H,3,6-16H2,1-2H3. The van der Waals surface area contributed by atoms with Crippen LogP contribution in [0.15, 0.2) is 18.2 Å². The molecule has 1 N–H and O–H groups in total. The summed E-state index contributed by atoms with van der Waals surface area (Å²) in [6, 6.07) is 6.41. The summed E-state index contributed by atoms with van der Waals surface area (Å²) >= 11 is 0. The molecule has 2 saturated heterocycles. The van der Waals surface area contributed by atoms with Gasteiger partial charge in [-0.3, -0.25) is 9.69 Å². The number of rotatable bonds is 7. The van der Waals surface area contributed by atoms with E-state index in [2.05, 4.69) is 36.2 Å². The van der Waals surface area contributed by atoms with Crippen molar-refractivity contribution in [3.63, 3.8) is 0 Å². The zero-order valence-corrected chi connectivity index (χ0v) is 19.0. The second-order valence-corrected chi connectivity index (χ2v) is 8.83. The largest absolute Gasteiger partial charge is 0.486 e. The molecule has 7 nitrogen and oxygen atoms in total. The Morgan fingerprint density at radius 3 is 2.55 bits per heavy atom. The van der Waals surface area contributed by atoms with E-state index in [-0.39, 0.29) is 18.0 Å². The second-order valence-electron chi connectivity index (χ2n) is 8.83. The number of carbonyl (C=O) groups excluding carboxylic acids is 1. The first-order chi connectivity index (χ1) is 15.2. The number of benzene rings is 1. The minimum Gasteiger partial charge on any atom is -0.486 e. The maximum atomic E-state index is 13.7. The molecule has 2 unspecified atom stereocenters. The average Bonchev–Trinajstić information content (AvgIpc) is 2.83. The first-order valence-corrected chi connectivity index (χ1v) is 11.9. The van der Waals surface area contributed by atoms with Gasteiger partial charge in [0.1, 0.15) is 13.2 Å². The molecule has 2 fully saturated rings. The van der Waals surface area contributed by atoms with Crippen LogP contribution in [0.1, 0.15) is 32.3 Å². The quantitative estimate of drug-likeness (QED) is 0.712. The SMILES string of the molecule is CCN(C(C)Cc1ccc2c(c1)OCCO2)C(C(=O)N1CCOCC1)C1CCNCC1. The van der Waals surface area contributed by atoms with Crippen molar-refractivity contribution in [3.05, 3.63) is 23.8 Å². The summed E-state index contributed by atoms with van der Waals surface area (Å²) < 4.78 is 16.9. The number of piperidine rings is 1. The maximum absolute atomic E-state index is 13.7. The summed E-state index contributed by atoms with van der Waals surface area (Å²) in [5.41, 5.74) is 1.22. The van der Waals surface area contributed by atoms with Crippen molar-refractivity contribution in [1.29, 1.82) is 0 Å². The lowest BCUT2D eigenvalue weighted by molar-refractivity contribution is -0.144. The second kappa shape index (κ2) is 10.7. The summed E-state index contributed by atoms with van der Waals surface area (Å²) in [5, 5.41) is 3.45. The van der Waals surface area contributed by atoms with Gasteiger partial charge in [-0.05, 0) is 69.4 Å². The molecule has 2 atom stereocenters. The van der Waals surface area contributed by atoms with Gasteiger partial charge in [-0.15, -0.1) is 0 Å². The minimum atomic E-state index is -0.0718. The van der Waals surface area contributed by atoms with Gasteiger partial charge < -0.3 is 24.4 Å². The third-order valence-electron chi connectivity index (χ3n) is 6.83. The lowest BCUT2D eigenvalue weighted by atomic mass is 9.86. The van der Waals surface area contributed by atoms with Gasteiger partial charge in [0, 0.05) is 19.1 Å². The highest BCUT2D eigenvalue weighted by Gasteiger charge is 2.38. The van der Waals surface area contributed by atoms with E-state index in [0.717, 1.165) is 50.4 Å². The number of carbonyl (C=O) groups is 1. The average molecular weight is 432 g/mol. The van der Waals surface area contributed by atoms with E-state index in [4.69, 9.17) is 14.2 Å². The molecule has 0 radical (unpaired) electrons. The molecule has 0 spiro atoms. The number of hydrogen-bond donors (Lipinski definition) is 1. The topological polar surface area (TPSA) is 63.3 Å². The van der Waals surface area contributed by atoms with Gasteiger partial charge in [0.2, 0.25) is 5.91 Å². The maximum Gasteiger partial charge on any atom is 0.240 e. The van der Waals surface area contributed by atoms with Crippen LogP contribution in [-0.4, -0.2) is 86.9 Å². The van der Waals surface area contributed by atoms with Crippen molar-refractivity contribution in [1.82, 2.24) is 15.1 Å². The molecule has 172 valence electrons. The Morgan fingerprint density at radius 1 is 1.13 bits per heavy atom. The molecule has 0 saturated carbocycles. The van der Waals surface area contributed by atoms with Crippen LogP contribution < -0.4 is 14.8 Å². The lowest BCUT2D eigenvalue weighted by Crippen LogP contribution is -2.58. The zero-order valence-electron chi connectivity index (χ0n) is 19.0. The Hall–Kier alpha value is -1.83. The Balaban J connectivity index is 1.52. The van der Waals surface area contributed by atoms with E-state index in [1.807, 2.05) is 11.0 Å². The van der Waals surface area contributed by atoms with E-state index in [1.54, 1.807) is 0 Å². The van der Waals surface area contributed by atoms with Crippen molar-refractivity contribution >= 4 is 5.91 Å². The predicted octanol–water partition coefficient (Wildman–Crippen LogP) is 1.94. The number of morpholine rings is 1. The fourth-order valence-corrected chi connectivity index (χ4v) is 5.20. The molecule has 1 aromatic rings. The van der Waals surface area contributed by atoms with Gasteiger partial charge in [-0.1, -0.05) is 13.0 Å². The van der Waals surface area contributed by atoms with Crippen LogP contribution in [0, 0.1) is 5.92 Å². The number of nitrogens with one attached hydrogen (secondary N) is 1. The summed E-state index contributed by atoms with van der Waals surface area (Å²) in [4.78, 5) is 18.2. The fraction of sp³-hybridized carbons (Fsp3) is 0.708. The Bertz CT molecular complexity index is 732. The zero-order chi connectivity index (χ0) is 21.6. The number of amides is 1. The number of fused-ring (bicyclic) bond motifs is 1. The van der Waals surface area contributed by atoms with Crippen molar-refractivity contribution < 1.29 is 19.0 Å². The fourth-order valence-electron chi connectivity index (χ4n) is 5.20. The molecule has 0 aromatic heterocycles. The van der Waals surface area contributed by atoms with Gasteiger partial charge in [0.05, 0.1) is 19.3 Å². The highest BCUT2D eigenvalue weighted by Crippen LogP contribution is 2.32. The van der Waals surface area contributed by atoms with Gasteiger partial charge in [-0.25, -0.2) is 0 Å². The van der Waals surface area contributed by atoms with E-state index in [1.165, 1.54) is 5.56 Å². The molecule has 4 rings (SSSR count). The van der Waals surface area contributed by atoms with E-state index in [0.29, 0.717) is 45.4 Å². The third kappa shape index (κ3) is 5.33. The van der Waals surface area contributed by atoms with Gasteiger partial charge in [0.25, 0.3) is 0 Å². The Kier molecular flexibility index (Phi) is 7.69. The normalized spacial score (nSPS) is 21.7. The van der Waals surface area contributed by atoms with Crippen LogP contribution in [-0.2, 0) is 16.0 Å². The van der Waals surface area contributed by atoms with Crippen molar-refractivity contribution in [3.8, 4) is 11.5 Å². The number of likely N-dealkylation sites (N-methyl/N-ethyl adjacent to an activating group) is 1. The first-order valence-electron chi connectivity index (χ1n) is 11.9. The predicted molar refractivity (Wildman–Crippen MR) is 120 cm³/mol. The summed E-state index contributed by atoms with van der Waals surface area (Å²) in [5.74, 6) is 2.33. The monoisotopic (exact) mass is 431 g/mol. The highest BCUT2D eigenvalue weighted by molar-refractivity contribution is 5.82. The minimum absolute atomic E-state index is 0.0718. The summed E-state index contributed by atoms with van der Waals surface area (Å²) in [7, 11) is 0. The van der Waals surface area contributed by atoms with Gasteiger partial charge in [0.15, 0.2) is 11.5 Å². The molecule has 31 heavy (non-hydrogen) atoms. The molecule has 3 aliphatic heterocycles. The van der Waals surface area contributed by atoms with Crippen LogP contribution in [0.5, 0.6) is 11.5 Å². The van der Waals surface area contributed by atoms with Gasteiger partial charge >= 0.3 is 0 Å². The number of nitrogens with zero attached hydrogens (tertiary/aromatic N) is 2. The van der Waals surface area contributed by atoms with Gasteiger partial charge in [-0.2, -0.15) is 0 Å². The highest BCUT2D eigenvalue weighted by atomic mass is 16.6. The molecule has 7 heteroatoms. The molecule has 1 amide bonds. The summed E-state index contributed by atoms with van der Waals surface area (Å²) in [6.07, 6.45) is 2.98. The molecule has 0 bridgehead atoms. The Morgan fingerprint density at radius 2 is 1.84 bits per heavy atom. The molecule has 0 aliphatic carbocycles. The Labute approximate surface area is 186 Å². The van der Waals surface area contributed by atoms with Crippen molar-refractivity contribution in [2.24, 2.45) is 5.92 Å². The molecule has 3 aliphatic rings. The van der Waals surface area contributed by atoms with Crippen LogP contribution in [0.3, 0.4) is 0 Å². The van der Waals surface area contributed by atoms with Crippen LogP contribution in [0.2, 0.25) is 0 Å². The van der Waals surface area contributed by atoms with Crippen LogP contribution in [0.4, 0.5) is 0 Å². The summed E-state index contributed by atoms with van der Waals surface area (Å²) in [6.45, 7) is 11.2. The number of hydrogen-bond acceptors (Lipinski definition) is 6. The molecule has 1 aromatic carbocycles. The lowest BCUT2D eigenvalue weighted by Gasteiger charge is -2.43. The van der Waals surface area contributed by atoms with E-state index in [9.17, 15) is 4.79 Å². The third-order valence-corrected chi connectivity index (χ3v) is 6.83. The molecular weight excluding hydrogens is 394 g/mol. The van der Waals surface area contributed by atoms with Crippen LogP contribution in [0.25, 0.3) is 0 Å². The van der Waals surface area contributed by atoms with Crippen molar-refractivity contribution in [2.45, 2.75) is 45.2 Å². The van der Waals surface area contributed by atoms with E-state index < -0.39 is 0 Å².